The lowest BCUT2D eigenvalue weighted by Crippen LogP contribution is -2.44. The highest BCUT2D eigenvalue weighted by atomic mass is 16.5. The van der Waals surface area contributed by atoms with Gasteiger partial charge in [-0.15, -0.1) is 0 Å². The van der Waals surface area contributed by atoms with E-state index in [2.05, 4.69) is 22.5 Å². The largest absolute Gasteiger partial charge is 0.381 e. The van der Waals surface area contributed by atoms with Crippen LogP contribution in [0.5, 0.6) is 0 Å². The summed E-state index contributed by atoms with van der Waals surface area (Å²) in [6, 6.07) is 0.602. The van der Waals surface area contributed by atoms with Crippen LogP contribution in [0.25, 0.3) is 0 Å². The van der Waals surface area contributed by atoms with Gasteiger partial charge in [-0.2, -0.15) is 0 Å². The zero-order valence-electron chi connectivity index (χ0n) is 14.1. The van der Waals surface area contributed by atoms with E-state index in [1.54, 1.807) is 0 Å². The van der Waals surface area contributed by atoms with Crippen LogP contribution in [0.4, 0.5) is 0 Å². The molecule has 2 N–H and O–H groups in total. The first-order chi connectivity index (χ1) is 10.9. The fourth-order valence-corrected chi connectivity index (χ4v) is 3.08. The van der Waals surface area contributed by atoms with Crippen molar-refractivity contribution in [3.8, 4) is 0 Å². The molecule has 0 radical (unpaired) electrons. The minimum Gasteiger partial charge on any atom is -0.381 e. The fourth-order valence-electron chi connectivity index (χ4n) is 3.08. The number of guanidine groups is 1. The quantitative estimate of drug-likeness (QED) is 0.410. The molecule has 1 aliphatic heterocycles. The van der Waals surface area contributed by atoms with E-state index in [-0.39, 0.29) is 0 Å². The van der Waals surface area contributed by atoms with Crippen molar-refractivity contribution in [2.45, 2.75) is 57.9 Å². The maximum Gasteiger partial charge on any atom is 0.191 e. The van der Waals surface area contributed by atoms with Gasteiger partial charge < -0.3 is 20.1 Å². The molecule has 1 saturated heterocycles. The molecule has 0 aromatic carbocycles. The monoisotopic (exact) mass is 311 g/mol. The summed E-state index contributed by atoms with van der Waals surface area (Å²) in [5.74, 6) is 1.58. The molecule has 5 nitrogen and oxygen atoms in total. The average molecular weight is 311 g/mol. The molecule has 0 aromatic heterocycles. The van der Waals surface area contributed by atoms with Gasteiger partial charge in [-0.1, -0.05) is 19.3 Å². The Bertz CT molecular complexity index is 311. The van der Waals surface area contributed by atoms with E-state index in [9.17, 15) is 0 Å². The first-order valence-corrected chi connectivity index (χ1v) is 9.09. The number of aliphatic imine (C=N–C) groups is 1. The van der Waals surface area contributed by atoms with E-state index in [0.717, 1.165) is 58.3 Å². The molecular formula is C17H33N3O2. The highest BCUT2D eigenvalue weighted by molar-refractivity contribution is 5.80. The van der Waals surface area contributed by atoms with Gasteiger partial charge in [-0.3, -0.25) is 4.99 Å². The highest BCUT2D eigenvalue weighted by Gasteiger charge is 2.15. The Kier molecular flexibility index (Phi) is 8.64. The van der Waals surface area contributed by atoms with Crippen molar-refractivity contribution in [3.05, 3.63) is 0 Å². The minimum absolute atomic E-state index is 0.602. The lowest BCUT2D eigenvalue weighted by Gasteiger charge is -2.24. The van der Waals surface area contributed by atoms with Crippen LogP contribution in [0.15, 0.2) is 4.99 Å². The normalized spacial score (nSPS) is 23.7. The lowest BCUT2D eigenvalue weighted by atomic mass is 9.96. The van der Waals surface area contributed by atoms with E-state index in [0.29, 0.717) is 12.0 Å². The summed E-state index contributed by atoms with van der Waals surface area (Å²) >= 11 is 0. The molecule has 0 aromatic rings. The van der Waals surface area contributed by atoms with Crippen molar-refractivity contribution in [2.75, 3.05) is 39.5 Å². The van der Waals surface area contributed by atoms with Gasteiger partial charge in [0.15, 0.2) is 5.96 Å². The van der Waals surface area contributed by atoms with Gasteiger partial charge in [0.2, 0.25) is 0 Å². The topological polar surface area (TPSA) is 54.9 Å². The lowest BCUT2D eigenvalue weighted by molar-refractivity contribution is 0.0893. The van der Waals surface area contributed by atoms with Crippen molar-refractivity contribution in [3.63, 3.8) is 0 Å². The average Bonchev–Trinajstić information content (AvgIpc) is 3.05. The van der Waals surface area contributed by atoms with Gasteiger partial charge in [-0.25, -0.2) is 0 Å². The third-order valence-electron chi connectivity index (χ3n) is 4.38. The Balaban J connectivity index is 1.57. The summed E-state index contributed by atoms with van der Waals surface area (Å²) in [4.78, 5) is 4.67. The van der Waals surface area contributed by atoms with Crippen molar-refractivity contribution < 1.29 is 9.47 Å². The maximum atomic E-state index is 5.72. The number of rotatable bonds is 8. The molecule has 1 unspecified atom stereocenters. The van der Waals surface area contributed by atoms with Crippen molar-refractivity contribution in [2.24, 2.45) is 10.9 Å². The predicted octanol–water partition coefficient (Wildman–Crippen LogP) is 2.32. The van der Waals surface area contributed by atoms with Gasteiger partial charge in [-0.05, 0) is 32.6 Å². The molecular weight excluding hydrogens is 278 g/mol. The molecule has 2 fully saturated rings. The van der Waals surface area contributed by atoms with Gasteiger partial charge in [0.05, 0.1) is 13.2 Å². The summed E-state index contributed by atoms with van der Waals surface area (Å²) in [6.07, 6.45) is 8.75. The summed E-state index contributed by atoms with van der Waals surface area (Å²) in [6.45, 7) is 7.25. The van der Waals surface area contributed by atoms with Crippen LogP contribution in [0, 0.1) is 5.92 Å². The number of hydrogen-bond donors (Lipinski definition) is 2. The Hall–Kier alpha value is -0.810. The minimum atomic E-state index is 0.602. The molecule has 1 aliphatic carbocycles. The molecule has 1 saturated carbocycles. The Morgan fingerprint density at radius 3 is 2.82 bits per heavy atom. The Labute approximate surface area is 135 Å². The standard InChI is InChI=1S/C17H33N3O2/c1-2-18-17(20-16-7-4-3-5-8-16)19-10-6-11-21-13-15-9-12-22-14-15/h15-16H,2-14H2,1H3,(H2,18,19,20). The van der Waals surface area contributed by atoms with Crippen LogP contribution in [0.3, 0.4) is 0 Å². The summed E-state index contributed by atoms with van der Waals surface area (Å²) < 4.78 is 11.1. The van der Waals surface area contributed by atoms with E-state index >= 15 is 0 Å². The zero-order chi connectivity index (χ0) is 15.5. The van der Waals surface area contributed by atoms with E-state index < -0.39 is 0 Å². The summed E-state index contributed by atoms with van der Waals surface area (Å²) in [5, 5.41) is 6.92. The van der Waals surface area contributed by atoms with Gasteiger partial charge in [0.25, 0.3) is 0 Å². The number of nitrogens with one attached hydrogen (secondary N) is 2. The van der Waals surface area contributed by atoms with E-state index in [1.807, 2.05) is 0 Å². The zero-order valence-corrected chi connectivity index (χ0v) is 14.1. The van der Waals surface area contributed by atoms with Gasteiger partial charge in [0.1, 0.15) is 0 Å². The maximum absolute atomic E-state index is 5.72. The fraction of sp³-hybridized carbons (Fsp3) is 0.941. The summed E-state index contributed by atoms with van der Waals surface area (Å²) in [7, 11) is 0. The number of nitrogens with zero attached hydrogens (tertiary/aromatic N) is 1. The van der Waals surface area contributed by atoms with Gasteiger partial charge >= 0.3 is 0 Å². The molecule has 0 bridgehead atoms. The highest BCUT2D eigenvalue weighted by Crippen LogP contribution is 2.17. The van der Waals surface area contributed by atoms with Crippen LogP contribution in [-0.2, 0) is 9.47 Å². The van der Waals surface area contributed by atoms with Crippen LogP contribution in [0.2, 0.25) is 0 Å². The third-order valence-corrected chi connectivity index (χ3v) is 4.38. The second-order valence-corrected chi connectivity index (χ2v) is 6.40. The van der Waals surface area contributed by atoms with Crippen molar-refractivity contribution >= 4 is 5.96 Å². The van der Waals surface area contributed by atoms with Crippen LogP contribution >= 0.6 is 0 Å². The van der Waals surface area contributed by atoms with Gasteiger partial charge in [0, 0.05) is 38.3 Å². The summed E-state index contributed by atoms with van der Waals surface area (Å²) in [5.41, 5.74) is 0. The molecule has 0 amide bonds. The van der Waals surface area contributed by atoms with Crippen LogP contribution in [-0.4, -0.2) is 51.5 Å². The number of ether oxygens (including phenoxy) is 2. The second kappa shape index (κ2) is 10.8. The predicted molar refractivity (Wildman–Crippen MR) is 90.3 cm³/mol. The molecule has 128 valence electrons. The smallest absolute Gasteiger partial charge is 0.191 e. The molecule has 2 rings (SSSR count). The van der Waals surface area contributed by atoms with E-state index in [4.69, 9.17) is 9.47 Å². The molecule has 1 atom stereocenters. The molecule has 2 aliphatic rings. The van der Waals surface area contributed by atoms with Crippen LogP contribution in [0.1, 0.15) is 51.9 Å². The first kappa shape index (κ1) is 17.5. The Morgan fingerprint density at radius 2 is 2.09 bits per heavy atom. The van der Waals surface area contributed by atoms with Crippen molar-refractivity contribution in [1.29, 1.82) is 0 Å². The van der Waals surface area contributed by atoms with Crippen LogP contribution < -0.4 is 10.6 Å². The molecule has 22 heavy (non-hydrogen) atoms. The van der Waals surface area contributed by atoms with E-state index in [1.165, 1.54) is 32.1 Å². The molecule has 0 spiro atoms. The number of hydrogen-bond acceptors (Lipinski definition) is 3. The molecule has 1 heterocycles. The van der Waals surface area contributed by atoms with Crippen molar-refractivity contribution in [1.82, 2.24) is 10.6 Å². The SMILES string of the molecule is CCNC(=NCCCOCC1CCOC1)NC1CCCCC1. The second-order valence-electron chi connectivity index (χ2n) is 6.40. The third kappa shape index (κ3) is 6.97. The Morgan fingerprint density at radius 1 is 1.23 bits per heavy atom. The first-order valence-electron chi connectivity index (χ1n) is 9.09. The molecule has 5 heteroatoms.